The van der Waals surface area contributed by atoms with E-state index in [2.05, 4.69) is 22.7 Å². The number of ether oxygens (including phenoxy) is 1. The Morgan fingerprint density at radius 1 is 1.12 bits per heavy atom. The predicted molar refractivity (Wildman–Crippen MR) is 128 cm³/mol. The lowest BCUT2D eigenvalue weighted by molar-refractivity contribution is -0.127. The topological polar surface area (TPSA) is 90.1 Å². The van der Waals surface area contributed by atoms with Crippen LogP contribution in [0.4, 0.5) is 5.69 Å². The lowest BCUT2D eigenvalue weighted by atomic mass is 10.1. The monoisotopic (exact) mass is 437 g/mol. The van der Waals surface area contributed by atoms with E-state index in [9.17, 15) is 4.79 Å². The zero-order chi connectivity index (χ0) is 23.0. The third-order valence-corrected chi connectivity index (χ3v) is 5.15. The number of hydrazone groups is 2. The second-order valence-corrected chi connectivity index (χ2v) is 7.51. The minimum absolute atomic E-state index is 0.368. The first-order chi connectivity index (χ1) is 16.1. The molecule has 1 aliphatic heterocycles. The van der Waals surface area contributed by atoms with Crippen LogP contribution in [0.15, 0.2) is 89.1 Å². The van der Waals surface area contributed by atoms with Crippen molar-refractivity contribution in [2.24, 2.45) is 10.2 Å². The van der Waals surface area contributed by atoms with E-state index in [1.807, 2.05) is 53.5 Å². The number of nitrogens with one attached hydrogen (secondary N) is 1. The highest BCUT2D eigenvalue weighted by Gasteiger charge is 2.17. The number of hydrogen-bond donors (Lipinski definition) is 1. The van der Waals surface area contributed by atoms with Gasteiger partial charge in [-0.1, -0.05) is 42.5 Å². The number of carbonyl (C=O) groups excluding carboxylic acids is 1. The third kappa shape index (κ3) is 5.63. The minimum Gasteiger partial charge on any atom is -0.481 e. The van der Waals surface area contributed by atoms with Gasteiger partial charge in [-0.3, -0.25) is 9.80 Å². The van der Waals surface area contributed by atoms with Crippen molar-refractivity contribution in [3.8, 4) is 11.8 Å². The molecule has 1 atom stereocenters. The van der Waals surface area contributed by atoms with Crippen LogP contribution in [-0.4, -0.2) is 30.5 Å². The summed E-state index contributed by atoms with van der Waals surface area (Å²) in [6.07, 6.45) is 1.75. The van der Waals surface area contributed by atoms with Crippen LogP contribution in [0, 0.1) is 11.3 Å². The molecule has 0 fully saturated rings. The Labute approximate surface area is 192 Å². The van der Waals surface area contributed by atoms with Gasteiger partial charge in [0.15, 0.2) is 6.10 Å². The van der Waals surface area contributed by atoms with Gasteiger partial charge in [-0.25, -0.2) is 5.43 Å². The highest BCUT2D eigenvalue weighted by atomic mass is 16.5. The Balaban J connectivity index is 1.29. The summed E-state index contributed by atoms with van der Waals surface area (Å²) < 4.78 is 5.58. The zero-order valence-corrected chi connectivity index (χ0v) is 18.2. The van der Waals surface area contributed by atoms with Crippen LogP contribution < -0.4 is 15.2 Å². The van der Waals surface area contributed by atoms with Crippen LogP contribution in [0.2, 0.25) is 0 Å². The largest absolute Gasteiger partial charge is 0.481 e. The van der Waals surface area contributed by atoms with Gasteiger partial charge in [0.1, 0.15) is 5.75 Å². The first kappa shape index (κ1) is 21.8. The number of amides is 1. The van der Waals surface area contributed by atoms with Crippen LogP contribution in [0.25, 0.3) is 0 Å². The molecule has 1 unspecified atom stereocenters. The Morgan fingerprint density at radius 2 is 1.85 bits per heavy atom. The van der Waals surface area contributed by atoms with Crippen LogP contribution in [-0.2, 0) is 4.79 Å². The second kappa shape index (κ2) is 10.2. The van der Waals surface area contributed by atoms with Gasteiger partial charge in [-0.2, -0.15) is 15.5 Å². The van der Waals surface area contributed by atoms with Crippen molar-refractivity contribution in [3.05, 3.63) is 95.6 Å². The average Bonchev–Trinajstić information content (AvgIpc) is 3.36. The van der Waals surface area contributed by atoms with Gasteiger partial charge in [0.25, 0.3) is 5.91 Å². The van der Waals surface area contributed by atoms with E-state index in [1.54, 1.807) is 37.4 Å². The third-order valence-electron chi connectivity index (χ3n) is 5.15. The Hall–Kier alpha value is -4.44. The Bertz CT molecular complexity index is 1200. The summed E-state index contributed by atoms with van der Waals surface area (Å²) in [5.74, 6) is 0.142. The first-order valence-electron chi connectivity index (χ1n) is 10.6. The van der Waals surface area contributed by atoms with E-state index >= 15 is 0 Å². The molecular weight excluding hydrogens is 414 g/mol. The fourth-order valence-corrected chi connectivity index (χ4v) is 3.34. The van der Waals surface area contributed by atoms with Gasteiger partial charge >= 0.3 is 0 Å². The van der Waals surface area contributed by atoms with Crippen molar-refractivity contribution < 1.29 is 9.53 Å². The van der Waals surface area contributed by atoms with E-state index in [4.69, 9.17) is 15.1 Å². The summed E-state index contributed by atoms with van der Waals surface area (Å²) in [7, 11) is 0. The van der Waals surface area contributed by atoms with Crippen molar-refractivity contribution in [3.63, 3.8) is 0 Å². The van der Waals surface area contributed by atoms with Crippen LogP contribution >= 0.6 is 0 Å². The summed E-state index contributed by atoms with van der Waals surface area (Å²) in [6.45, 7) is 2.48. The number of nitrogens with zero attached hydrogens (tertiary/aromatic N) is 4. The fraction of sp³-hybridized carbons (Fsp3) is 0.154. The maximum Gasteiger partial charge on any atom is 0.280 e. The molecule has 0 aliphatic carbocycles. The molecule has 33 heavy (non-hydrogen) atoms. The summed E-state index contributed by atoms with van der Waals surface area (Å²) in [5, 5.41) is 19.6. The van der Waals surface area contributed by atoms with E-state index in [1.165, 1.54) is 0 Å². The molecule has 1 N–H and O–H groups in total. The molecule has 164 valence electrons. The molecule has 0 spiro atoms. The van der Waals surface area contributed by atoms with Gasteiger partial charge in [-0.15, -0.1) is 0 Å². The van der Waals surface area contributed by atoms with Gasteiger partial charge in [-0.05, 0) is 54.4 Å². The normalized spacial score (nSPS) is 13.9. The summed E-state index contributed by atoms with van der Waals surface area (Å²) >= 11 is 0. The average molecular weight is 438 g/mol. The molecule has 3 aromatic rings. The highest BCUT2D eigenvalue weighted by Crippen LogP contribution is 2.22. The number of rotatable bonds is 7. The standard InChI is InChI=1S/C26H23N5O2/c1-19(33-24-13-9-20(17-27)10-14-24)26(32)29-28-18-21-7-11-23(12-8-21)31-16-15-25(30-31)22-5-3-2-4-6-22/h2-14,18-19H,15-16H2,1H3,(H,29,32). The summed E-state index contributed by atoms with van der Waals surface area (Å²) in [4.78, 5) is 12.2. The maximum absolute atomic E-state index is 12.2. The number of benzene rings is 3. The van der Waals surface area contributed by atoms with E-state index in [0.717, 1.165) is 35.5 Å². The van der Waals surface area contributed by atoms with Crippen molar-refractivity contribution >= 4 is 23.5 Å². The van der Waals surface area contributed by atoms with Gasteiger partial charge in [0.05, 0.1) is 29.2 Å². The van der Waals surface area contributed by atoms with Crippen LogP contribution in [0.5, 0.6) is 5.75 Å². The van der Waals surface area contributed by atoms with Crippen LogP contribution in [0.1, 0.15) is 30.0 Å². The lowest BCUT2D eigenvalue weighted by Crippen LogP contribution is -2.33. The first-order valence-corrected chi connectivity index (χ1v) is 10.6. The zero-order valence-electron chi connectivity index (χ0n) is 18.2. The highest BCUT2D eigenvalue weighted by molar-refractivity contribution is 6.02. The Morgan fingerprint density at radius 3 is 2.55 bits per heavy atom. The maximum atomic E-state index is 12.2. The molecule has 1 aliphatic rings. The number of carbonyl (C=O) groups is 1. The van der Waals surface area contributed by atoms with E-state index in [0.29, 0.717) is 11.3 Å². The second-order valence-electron chi connectivity index (χ2n) is 7.51. The van der Waals surface area contributed by atoms with E-state index < -0.39 is 6.10 Å². The number of nitriles is 1. The lowest BCUT2D eigenvalue weighted by Gasteiger charge is -2.13. The molecule has 0 aromatic heterocycles. The predicted octanol–water partition coefficient (Wildman–Crippen LogP) is 4.09. The summed E-state index contributed by atoms with van der Waals surface area (Å²) in [5.41, 5.74) is 7.11. The molecular formula is C26H23N5O2. The molecule has 7 heteroatoms. The molecule has 0 radical (unpaired) electrons. The van der Waals surface area contributed by atoms with Crippen LogP contribution in [0.3, 0.4) is 0 Å². The van der Waals surface area contributed by atoms with Crippen molar-refractivity contribution in [2.45, 2.75) is 19.4 Å². The molecule has 0 saturated carbocycles. The number of anilines is 1. The van der Waals surface area contributed by atoms with Crippen molar-refractivity contribution in [1.29, 1.82) is 5.26 Å². The molecule has 3 aromatic carbocycles. The Kier molecular flexibility index (Phi) is 6.76. The van der Waals surface area contributed by atoms with Crippen molar-refractivity contribution in [2.75, 3.05) is 11.6 Å². The number of hydrogen-bond acceptors (Lipinski definition) is 6. The molecule has 0 bridgehead atoms. The van der Waals surface area contributed by atoms with Gasteiger partial charge < -0.3 is 4.74 Å². The molecule has 0 saturated heterocycles. The minimum atomic E-state index is -0.732. The van der Waals surface area contributed by atoms with E-state index in [-0.39, 0.29) is 5.91 Å². The van der Waals surface area contributed by atoms with Gasteiger partial charge in [0, 0.05) is 13.0 Å². The molecule has 7 nitrogen and oxygen atoms in total. The van der Waals surface area contributed by atoms with Gasteiger partial charge in [0.2, 0.25) is 0 Å². The smallest absolute Gasteiger partial charge is 0.280 e. The molecule has 1 heterocycles. The SMILES string of the molecule is CC(Oc1ccc(C#N)cc1)C(=O)NN=Cc1ccc(N2CCC(c3ccccc3)=N2)cc1. The fourth-order valence-electron chi connectivity index (χ4n) is 3.34. The quantitative estimate of drug-likeness (QED) is 0.445. The molecule has 1 amide bonds. The van der Waals surface area contributed by atoms with Crippen molar-refractivity contribution in [1.82, 2.24) is 5.43 Å². The summed E-state index contributed by atoms with van der Waals surface area (Å²) in [6, 6.07) is 26.6. The molecule has 4 rings (SSSR count).